The maximum Gasteiger partial charge on any atom is 0.323 e. The molecule has 0 spiro atoms. The molecule has 13 heavy (non-hydrogen) atoms. The molecule has 0 bridgehead atoms. The summed E-state index contributed by atoms with van der Waals surface area (Å²) in [6.45, 7) is 1.52. The fourth-order valence-corrected chi connectivity index (χ4v) is 1.31. The van der Waals surface area contributed by atoms with E-state index in [4.69, 9.17) is 17.3 Å². The number of H-pyrrole nitrogens is 1. The zero-order chi connectivity index (χ0) is 10.0. The van der Waals surface area contributed by atoms with Crippen LogP contribution in [0.15, 0.2) is 0 Å². The van der Waals surface area contributed by atoms with Gasteiger partial charge in [0, 0.05) is 0 Å². The number of carboxylic acid groups (broad SMARTS) is 1. The van der Waals surface area contributed by atoms with Gasteiger partial charge in [-0.05, 0) is 18.6 Å². The summed E-state index contributed by atoms with van der Waals surface area (Å²) in [6, 6.07) is 0. The summed E-state index contributed by atoms with van der Waals surface area (Å²) in [4.78, 5) is 13.1. The third-order valence-corrected chi connectivity index (χ3v) is 2.00. The van der Waals surface area contributed by atoms with Gasteiger partial charge >= 0.3 is 5.97 Å². The maximum atomic E-state index is 10.4. The van der Waals surface area contributed by atoms with Crippen LogP contribution in [0.1, 0.15) is 12.6 Å². The lowest BCUT2D eigenvalue weighted by molar-refractivity contribution is -0.137. The number of carboxylic acids is 1. The summed E-state index contributed by atoms with van der Waals surface area (Å²) < 4.78 is 1.38. The SMILES string of the molecule is CCc1[nH]c(=S)n(CC(=O)O)c1O. The second-order valence-corrected chi connectivity index (χ2v) is 2.95. The first-order valence-corrected chi connectivity index (χ1v) is 4.19. The average Bonchev–Trinajstić information content (AvgIpc) is 2.31. The van der Waals surface area contributed by atoms with Gasteiger partial charge in [0.15, 0.2) is 4.77 Å². The van der Waals surface area contributed by atoms with E-state index in [9.17, 15) is 9.90 Å². The maximum absolute atomic E-state index is 10.4. The molecule has 0 saturated heterocycles. The lowest BCUT2D eigenvalue weighted by Gasteiger charge is -1.99. The molecule has 1 rings (SSSR count). The molecule has 0 amide bonds. The Kier molecular flexibility index (Phi) is 2.72. The van der Waals surface area contributed by atoms with Crippen LogP contribution in [0.4, 0.5) is 0 Å². The minimum Gasteiger partial charge on any atom is -0.493 e. The molecule has 1 aromatic heterocycles. The molecule has 0 saturated carbocycles. The molecule has 0 aliphatic rings. The van der Waals surface area contributed by atoms with Crippen molar-refractivity contribution in [3.8, 4) is 5.88 Å². The normalized spacial score (nSPS) is 10.2. The molecule has 3 N–H and O–H groups in total. The fourth-order valence-electron chi connectivity index (χ4n) is 1.04. The molecule has 0 atom stereocenters. The van der Waals surface area contributed by atoms with Gasteiger partial charge in [-0.3, -0.25) is 9.36 Å². The average molecular weight is 202 g/mol. The van der Waals surface area contributed by atoms with Gasteiger partial charge in [-0.2, -0.15) is 0 Å². The number of carbonyl (C=O) groups is 1. The zero-order valence-corrected chi connectivity index (χ0v) is 7.89. The van der Waals surface area contributed by atoms with E-state index in [2.05, 4.69) is 4.98 Å². The Hall–Kier alpha value is -1.30. The van der Waals surface area contributed by atoms with E-state index < -0.39 is 5.97 Å². The Balaban J connectivity index is 3.13. The highest BCUT2D eigenvalue weighted by Gasteiger charge is 2.11. The molecule has 0 fully saturated rings. The van der Waals surface area contributed by atoms with Crippen molar-refractivity contribution in [3.05, 3.63) is 10.5 Å². The molecule has 1 aromatic rings. The van der Waals surface area contributed by atoms with Gasteiger partial charge in [0.05, 0.1) is 5.69 Å². The Bertz CT molecular complexity index is 380. The summed E-state index contributed by atoms with van der Waals surface area (Å²) in [5, 5.41) is 18.0. The van der Waals surface area contributed by atoms with Gasteiger partial charge < -0.3 is 15.2 Å². The molecule has 0 unspecified atom stereocenters. The first-order valence-electron chi connectivity index (χ1n) is 3.78. The Labute approximate surface area is 79.6 Å². The molecule has 6 heteroatoms. The smallest absolute Gasteiger partial charge is 0.323 e. The van der Waals surface area contributed by atoms with Gasteiger partial charge in [0.2, 0.25) is 5.88 Å². The summed E-state index contributed by atoms with van der Waals surface area (Å²) in [6.07, 6.45) is 0.585. The van der Waals surface area contributed by atoms with E-state index in [1.807, 2.05) is 6.92 Å². The molecule has 1 heterocycles. The number of aliphatic carboxylic acids is 1. The predicted molar refractivity (Wildman–Crippen MR) is 48.3 cm³/mol. The minimum atomic E-state index is -1.03. The van der Waals surface area contributed by atoms with Gasteiger partial charge in [-0.15, -0.1) is 0 Å². The van der Waals surface area contributed by atoms with Crippen LogP contribution in [0, 0.1) is 4.77 Å². The standard InChI is InChI=1S/C7H10N2O3S/c1-2-4-6(12)9(3-5(10)11)7(13)8-4/h12H,2-3H2,1H3,(H,8,13)(H,10,11). The fraction of sp³-hybridized carbons (Fsp3) is 0.429. The lowest BCUT2D eigenvalue weighted by atomic mass is 10.3. The molecule has 0 aliphatic heterocycles. The first kappa shape index (κ1) is 9.79. The predicted octanol–water partition coefficient (Wildman–Crippen LogP) is 0.898. The van der Waals surface area contributed by atoms with Crippen LogP contribution in [-0.4, -0.2) is 25.7 Å². The highest BCUT2D eigenvalue weighted by Crippen LogP contribution is 2.16. The molecule has 5 nitrogen and oxygen atoms in total. The van der Waals surface area contributed by atoms with Crippen molar-refractivity contribution in [3.63, 3.8) is 0 Å². The van der Waals surface area contributed by atoms with Crippen LogP contribution < -0.4 is 0 Å². The van der Waals surface area contributed by atoms with Crippen molar-refractivity contribution in [1.82, 2.24) is 9.55 Å². The number of hydrogen-bond donors (Lipinski definition) is 3. The summed E-state index contributed by atoms with van der Waals surface area (Å²) >= 11 is 4.83. The Morgan fingerprint density at radius 3 is 2.69 bits per heavy atom. The molecule has 0 aliphatic carbocycles. The second kappa shape index (κ2) is 3.61. The molecule has 0 radical (unpaired) electrons. The highest BCUT2D eigenvalue weighted by molar-refractivity contribution is 7.71. The molecule has 72 valence electrons. The van der Waals surface area contributed by atoms with Gasteiger partial charge in [-0.25, -0.2) is 0 Å². The number of aromatic amines is 1. The van der Waals surface area contributed by atoms with Crippen LogP contribution in [0.25, 0.3) is 0 Å². The summed E-state index contributed by atoms with van der Waals surface area (Å²) in [7, 11) is 0. The summed E-state index contributed by atoms with van der Waals surface area (Å²) in [5.41, 5.74) is 0.561. The van der Waals surface area contributed by atoms with Crippen LogP contribution in [0.3, 0.4) is 0 Å². The van der Waals surface area contributed by atoms with E-state index in [1.165, 1.54) is 0 Å². The first-order chi connectivity index (χ1) is 6.06. The highest BCUT2D eigenvalue weighted by atomic mass is 32.1. The lowest BCUT2D eigenvalue weighted by Crippen LogP contribution is -2.08. The number of imidazole rings is 1. The largest absolute Gasteiger partial charge is 0.493 e. The number of aromatic nitrogens is 2. The van der Waals surface area contributed by atoms with E-state index in [0.717, 1.165) is 4.57 Å². The summed E-state index contributed by atoms with van der Waals surface area (Å²) in [5.74, 6) is -1.12. The molecular formula is C7H10N2O3S. The van der Waals surface area contributed by atoms with E-state index >= 15 is 0 Å². The van der Waals surface area contributed by atoms with Gasteiger partial charge in [-0.1, -0.05) is 6.92 Å². The number of nitrogens with zero attached hydrogens (tertiary/aromatic N) is 1. The van der Waals surface area contributed by atoms with E-state index in [0.29, 0.717) is 12.1 Å². The number of hydrogen-bond acceptors (Lipinski definition) is 3. The van der Waals surface area contributed by atoms with Crippen LogP contribution >= 0.6 is 12.2 Å². The molecular weight excluding hydrogens is 192 g/mol. The third-order valence-electron chi connectivity index (χ3n) is 1.68. The number of rotatable bonds is 3. The Morgan fingerprint density at radius 2 is 2.31 bits per heavy atom. The van der Waals surface area contributed by atoms with Crippen LogP contribution in [0.2, 0.25) is 0 Å². The van der Waals surface area contributed by atoms with Gasteiger partial charge in [0.25, 0.3) is 0 Å². The van der Waals surface area contributed by atoms with E-state index in [-0.39, 0.29) is 17.2 Å². The van der Waals surface area contributed by atoms with E-state index in [1.54, 1.807) is 0 Å². The zero-order valence-electron chi connectivity index (χ0n) is 7.07. The number of nitrogens with one attached hydrogen (secondary N) is 1. The number of aromatic hydroxyl groups is 1. The van der Waals surface area contributed by atoms with Crippen molar-refractivity contribution in [2.45, 2.75) is 19.9 Å². The van der Waals surface area contributed by atoms with Crippen molar-refractivity contribution in [1.29, 1.82) is 0 Å². The van der Waals surface area contributed by atoms with Crippen LogP contribution in [0.5, 0.6) is 5.88 Å². The number of aryl methyl sites for hydroxylation is 1. The Morgan fingerprint density at radius 1 is 1.69 bits per heavy atom. The van der Waals surface area contributed by atoms with Crippen molar-refractivity contribution >= 4 is 18.2 Å². The topological polar surface area (TPSA) is 78.2 Å². The van der Waals surface area contributed by atoms with Crippen molar-refractivity contribution < 1.29 is 15.0 Å². The molecule has 0 aromatic carbocycles. The van der Waals surface area contributed by atoms with Crippen molar-refractivity contribution in [2.75, 3.05) is 0 Å². The third kappa shape index (κ3) is 1.89. The monoisotopic (exact) mass is 202 g/mol. The van der Waals surface area contributed by atoms with Crippen LogP contribution in [-0.2, 0) is 17.8 Å². The quantitative estimate of drug-likeness (QED) is 0.636. The van der Waals surface area contributed by atoms with Crippen molar-refractivity contribution in [2.24, 2.45) is 0 Å². The minimum absolute atomic E-state index is 0.0881. The van der Waals surface area contributed by atoms with Gasteiger partial charge in [0.1, 0.15) is 6.54 Å². The second-order valence-electron chi connectivity index (χ2n) is 2.57.